The first-order valence-electron chi connectivity index (χ1n) is 6.69. The number of pyridine rings is 1. The zero-order chi connectivity index (χ0) is 14.0. The van der Waals surface area contributed by atoms with Crippen LogP contribution in [0.25, 0.3) is 0 Å². The minimum Gasteiger partial charge on any atom is -0.326 e. The van der Waals surface area contributed by atoms with Gasteiger partial charge in [0.15, 0.2) is 5.03 Å². The molecule has 6 heteroatoms. The van der Waals surface area contributed by atoms with E-state index in [1.165, 1.54) is 6.20 Å². The molecule has 5 nitrogen and oxygen atoms in total. The lowest BCUT2D eigenvalue weighted by Gasteiger charge is -2.26. The van der Waals surface area contributed by atoms with Crippen molar-refractivity contribution < 1.29 is 8.42 Å². The van der Waals surface area contributed by atoms with E-state index < -0.39 is 10.0 Å². The Morgan fingerprint density at radius 2 is 2.16 bits per heavy atom. The normalized spacial score (nSPS) is 24.8. The summed E-state index contributed by atoms with van der Waals surface area (Å²) in [5, 5.41) is 0.122. The van der Waals surface area contributed by atoms with Gasteiger partial charge in [-0.1, -0.05) is 13.0 Å². The van der Waals surface area contributed by atoms with Gasteiger partial charge in [-0.25, -0.2) is 13.4 Å². The third-order valence-electron chi connectivity index (χ3n) is 3.76. The van der Waals surface area contributed by atoms with Gasteiger partial charge in [-0.3, -0.25) is 0 Å². The minimum atomic E-state index is -3.49. The van der Waals surface area contributed by atoms with Crippen LogP contribution in [0.3, 0.4) is 0 Å². The molecule has 0 radical (unpaired) electrons. The summed E-state index contributed by atoms with van der Waals surface area (Å²) in [4.78, 5) is 4.06. The largest absolute Gasteiger partial charge is 0.326 e. The zero-order valence-corrected chi connectivity index (χ0v) is 12.2. The SMILES string of the molecule is CCC1CCC(C)N1S(=O)(=O)c1ccc(CN)cn1. The molecule has 19 heavy (non-hydrogen) atoms. The summed E-state index contributed by atoms with van der Waals surface area (Å²) in [6.45, 7) is 4.35. The van der Waals surface area contributed by atoms with E-state index >= 15 is 0 Å². The molecule has 2 atom stereocenters. The first-order chi connectivity index (χ1) is 9.00. The Morgan fingerprint density at radius 1 is 1.42 bits per heavy atom. The molecule has 2 heterocycles. The van der Waals surface area contributed by atoms with Crippen molar-refractivity contribution in [2.45, 2.75) is 56.8 Å². The first-order valence-corrected chi connectivity index (χ1v) is 8.13. The summed E-state index contributed by atoms with van der Waals surface area (Å²) in [6, 6.07) is 3.42. The molecule has 1 saturated heterocycles. The van der Waals surface area contributed by atoms with E-state index in [2.05, 4.69) is 4.98 Å². The van der Waals surface area contributed by atoms with Crippen LogP contribution in [-0.2, 0) is 16.6 Å². The van der Waals surface area contributed by atoms with E-state index in [0.29, 0.717) is 6.54 Å². The van der Waals surface area contributed by atoms with Crippen molar-refractivity contribution in [1.82, 2.24) is 9.29 Å². The molecule has 2 N–H and O–H groups in total. The Balaban J connectivity index is 2.35. The molecule has 106 valence electrons. The van der Waals surface area contributed by atoms with Crippen LogP contribution in [0.5, 0.6) is 0 Å². The van der Waals surface area contributed by atoms with Crippen molar-refractivity contribution in [3.8, 4) is 0 Å². The zero-order valence-electron chi connectivity index (χ0n) is 11.4. The fourth-order valence-corrected chi connectivity index (χ4v) is 4.53. The number of hydrogen-bond acceptors (Lipinski definition) is 4. The summed E-state index contributed by atoms with van der Waals surface area (Å²) < 4.78 is 26.9. The van der Waals surface area contributed by atoms with Crippen LogP contribution in [0.15, 0.2) is 23.4 Å². The summed E-state index contributed by atoms with van der Waals surface area (Å²) in [6.07, 6.45) is 4.22. The second-order valence-corrected chi connectivity index (χ2v) is 6.82. The maximum Gasteiger partial charge on any atom is 0.261 e. The molecular formula is C13H21N3O2S. The monoisotopic (exact) mass is 283 g/mol. The number of aromatic nitrogens is 1. The first kappa shape index (κ1) is 14.4. The molecule has 0 amide bonds. The van der Waals surface area contributed by atoms with Gasteiger partial charge in [0.25, 0.3) is 10.0 Å². The molecule has 0 spiro atoms. The second-order valence-electron chi connectivity index (χ2n) is 5.03. The third-order valence-corrected chi connectivity index (χ3v) is 5.74. The van der Waals surface area contributed by atoms with E-state index in [4.69, 9.17) is 5.73 Å². The van der Waals surface area contributed by atoms with Crippen LogP contribution in [-0.4, -0.2) is 29.8 Å². The Hall–Kier alpha value is -0.980. The highest BCUT2D eigenvalue weighted by atomic mass is 32.2. The van der Waals surface area contributed by atoms with Crippen LogP contribution in [0.1, 0.15) is 38.7 Å². The lowest BCUT2D eigenvalue weighted by molar-refractivity contribution is 0.327. The van der Waals surface area contributed by atoms with E-state index in [1.54, 1.807) is 16.4 Å². The number of sulfonamides is 1. The number of nitrogens with two attached hydrogens (primary N) is 1. The van der Waals surface area contributed by atoms with Crippen molar-refractivity contribution in [2.75, 3.05) is 0 Å². The fraction of sp³-hybridized carbons (Fsp3) is 0.615. The van der Waals surface area contributed by atoms with Gasteiger partial charge >= 0.3 is 0 Å². The highest BCUT2D eigenvalue weighted by molar-refractivity contribution is 7.89. The molecule has 0 aliphatic carbocycles. The molecule has 2 unspecified atom stereocenters. The second kappa shape index (κ2) is 5.56. The fourth-order valence-electron chi connectivity index (χ4n) is 2.66. The molecule has 1 fully saturated rings. The van der Waals surface area contributed by atoms with Crippen molar-refractivity contribution >= 4 is 10.0 Å². The lowest BCUT2D eigenvalue weighted by Crippen LogP contribution is -2.39. The summed E-state index contributed by atoms with van der Waals surface area (Å²) in [5.74, 6) is 0. The predicted octanol–water partition coefficient (Wildman–Crippen LogP) is 1.49. The maximum absolute atomic E-state index is 12.6. The third kappa shape index (κ3) is 2.66. The van der Waals surface area contributed by atoms with Crippen LogP contribution >= 0.6 is 0 Å². The van der Waals surface area contributed by atoms with E-state index in [-0.39, 0.29) is 17.1 Å². The van der Waals surface area contributed by atoms with Gasteiger partial charge in [-0.2, -0.15) is 4.31 Å². The smallest absolute Gasteiger partial charge is 0.261 e. The lowest BCUT2D eigenvalue weighted by atomic mass is 10.2. The molecule has 1 aliphatic heterocycles. The van der Waals surface area contributed by atoms with Gasteiger partial charge in [0.2, 0.25) is 0 Å². The average molecular weight is 283 g/mol. The Kier molecular flexibility index (Phi) is 4.23. The quantitative estimate of drug-likeness (QED) is 0.908. The van der Waals surface area contributed by atoms with Crippen LogP contribution in [0.4, 0.5) is 0 Å². The van der Waals surface area contributed by atoms with Gasteiger partial charge in [0.05, 0.1) is 0 Å². The highest BCUT2D eigenvalue weighted by Crippen LogP contribution is 2.31. The molecule has 1 aromatic rings. The molecule has 1 aliphatic rings. The molecule has 0 bridgehead atoms. The summed E-state index contributed by atoms with van der Waals surface area (Å²) in [7, 11) is -3.49. The van der Waals surface area contributed by atoms with E-state index in [9.17, 15) is 8.42 Å². The van der Waals surface area contributed by atoms with Crippen molar-refractivity contribution in [3.05, 3.63) is 23.9 Å². The molecule has 0 aromatic carbocycles. The van der Waals surface area contributed by atoms with E-state index in [1.807, 2.05) is 13.8 Å². The van der Waals surface area contributed by atoms with Crippen LogP contribution in [0, 0.1) is 0 Å². The van der Waals surface area contributed by atoms with Crippen molar-refractivity contribution in [1.29, 1.82) is 0 Å². The Bertz CT molecular complexity index is 527. The van der Waals surface area contributed by atoms with Gasteiger partial charge < -0.3 is 5.73 Å². The van der Waals surface area contributed by atoms with Crippen molar-refractivity contribution in [3.63, 3.8) is 0 Å². The van der Waals surface area contributed by atoms with Gasteiger partial charge in [-0.05, 0) is 37.8 Å². The Morgan fingerprint density at radius 3 is 2.68 bits per heavy atom. The topological polar surface area (TPSA) is 76.3 Å². The molecular weight excluding hydrogens is 262 g/mol. The van der Waals surface area contributed by atoms with E-state index in [0.717, 1.165) is 24.8 Å². The number of hydrogen-bond donors (Lipinski definition) is 1. The highest BCUT2D eigenvalue weighted by Gasteiger charge is 2.39. The molecule has 1 aromatic heterocycles. The average Bonchev–Trinajstić information content (AvgIpc) is 2.80. The summed E-state index contributed by atoms with van der Waals surface area (Å²) >= 11 is 0. The van der Waals surface area contributed by atoms with Crippen LogP contribution < -0.4 is 5.73 Å². The number of rotatable bonds is 4. The Labute approximate surface area is 114 Å². The molecule has 0 saturated carbocycles. The standard InChI is InChI=1S/C13H21N3O2S/c1-3-12-6-4-10(2)16(12)19(17,18)13-7-5-11(8-14)9-15-13/h5,7,9-10,12H,3-4,6,8,14H2,1-2H3. The van der Waals surface area contributed by atoms with Gasteiger partial charge in [0.1, 0.15) is 0 Å². The maximum atomic E-state index is 12.6. The minimum absolute atomic E-state index is 0.0472. The number of nitrogens with zero attached hydrogens (tertiary/aromatic N) is 2. The van der Waals surface area contributed by atoms with Crippen LogP contribution in [0.2, 0.25) is 0 Å². The van der Waals surface area contributed by atoms with Gasteiger partial charge in [0, 0.05) is 24.8 Å². The summed E-state index contributed by atoms with van der Waals surface area (Å²) in [5.41, 5.74) is 6.33. The predicted molar refractivity (Wildman–Crippen MR) is 73.9 cm³/mol. The van der Waals surface area contributed by atoms with Gasteiger partial charge in [-0.15, -0.1) is 0 Å². The van der Waals surface area contributed by atoms with Crippen molar-refractivity contribution in [2.24, 2.45) is 5.73 Å². The molecule has 2 rings (SSSR count).